The Morgan fingerprint density at radius 2 is 1.85 bits per heavy atom. The molecule has 2 N–H and O–H groups in total. The summed E-state index contributed by atoms with van der Waals surface area (Å²) in [6.07, 6.45) is 4.94. The number of hydrogen-bond donors (Lipinski definition) is 2. The van der Waals surface area contributed by atoms with E-state index in [1.807, 2.05) is 24.3 Å². The van der Waals surface area contributed by atoms with Crippen molar-refractivity contribution in [2.45, 2.75) is 44.6 Å². The Labute approximate surface area is 158 Å². The highest BCUT2D eigenvalue weighted by atomic mass is 16.5. The molecule has 27 heavy (non-hydrogen) atoms. The highest BCUT2D eigenvalue weighted by Crippen LogP contribution is 2.32. The summed E-state index contributed by atoms with van der Waals surface area (Å²) < 4.78 is 5.49. The Kier molecular flexibility index (Phi) is 5.74. The van der Waals surface area contributed by atoms with E-state index in [0.29, 0.717) is 19.4 Å². The van der Waals surface area contributed by atoms with Crippen molar-refractivity contribution in [3.63, 3.8) is 0 Å². The summed E-state index contributed by atoms with van der Waals surface area (Å²) in [5.41, 5.74) is 0.727. The maximum Gasteiger partial charge on any atom is 0.332 e. The fourth-order valence-corrected chi connectivity index (χ4v) is 3.40. The molecule has 0 aliphatic heterocycles. The van der Waals surface area contributed by atoms with Crippen LogP contribution in [0.4, 0.5) is 0 Å². The normalized spacial score (nSPS) is 14.4. The lowest BCUT2D eigenvalue weighted by molar-refractivity contribution is -0.151. The smallest absolute Gasteiger partial charge is 0.332 e. The summed E-state index contributed by atoms with van der Waals surface area (Å²) in [5, 5.41) is 12.7. The van der Waals surface area contributed by atoms with Crippen molar-refractivity contribution in [2.75, 3.05) is 6.61 Å². The molecule has 0 spiro atoms. The van der Waals surface area contributed by atoms with E-state index in [0.717, 1.165) is 30.4 Å². The molecular weight excluding hydrogens is 344 g/mol. The van der Waals surface area contributed by atoms with E-state index >= 15 is 0 Å². The molecule has 0 bridgehead atoms. The molecule has 2 aromatic rings. The number of nitrogens with one attached hydrogen (secondary N) is 1. The zero-order valence-corrected chi connectivity index (χ0v) is 15.4. The Balaban J connectivity index is 1.82. The topological polar surface area (TPSA) is 88.5 Å². The van der Waals surface area contributed by atoms with Gasteiger partial charge < -0.3 is 15.2 Å². The lowest BCUT2D eigenvalue weighted by Crippen LogP contribution is -2.56. The van der Waals surface area contributed by atoms with Crippen molar-refractivity contribution in [3.8, 4) is 5.75 Å². The van der Waals surface area contributed by atoms with Gasteiger partial charge in [0.15, 0.2) is 5.69 Å². The lowest BCUT2D eigenvalue weighted by atomic mass is 9.95. The summed E-state index contributed by atoms with van der Waals surface area (Å²) in [6.45, 7) is 2.41. The summed E-state index contributed by atoms with van der Waals surface area (Å²) in [6, 6.07) is 10.6. The van der Waals surface area contributed by atoms with Crippen molar-refractivity contribution in [2.24, 2.45) is 0 Å². The van der Waals surface area contributed by atoms with Crippen LogP contribution in [-0.4, -0.2) is 34.1 Å². The average molecular weight is 368 g/mol. The van der Waals surface area contributed by atoms with Crippen LogP contribution in [0.2, 0.25) is 0 Å². The fourth-order valence-electron chi connectivity index (χ4n) is 3.40. The Bertz CT molecular complexity index is 809. The van der Waals surface area contributed by atoms with Crippen LogP contribution in [0.25, 0.3) is 0 Å². The van der Waals surface area contributed by atoms with Crippen LogP contribution in [0.5, 0.6) is 5.75 Å². The summed E-state index contributed by atoms with van der Waals surface area (Å²) >= 11 is 0. The maximum absolute atomic E-state index is 12.9. The molecule has 0 saturated heterocycles. The fraction of sp³-hybridized carbons (Fsp3) is 0.381. The zero-order valence-electron chi connectivity index (χ0n) is 15.4. The number of carbonyl (C=O) groups excluding carboxylic acids is 2. The maximum atomic E-state index is 12.9. The van der Waals surface area contributed by atoms with Crippen molar-refractivity contribution in [1.29, 1.82) is 0 Å². The van der Waals surface area contributed by atoms with Crippen molar-refractivity contribution >= 4 is 11.9 Å². The minimum absolute atomic E-state index is 0.105. The van der Waals surface area contributed by atoms with Gasteiger partial charge in [-0.25, -0.2) is 9.78 Å². The van der Waals surface area contributed by atoms with Crippen LogP contribution in [0, 0.1) is 0 Å². The number of nitrogens with zero attached hydrogens (tertiary/aromatic N) is 1. The Hall–Kier alpha value is -2.89. The second-order valence-corrected chi connectivity index (χ2v) is 6.87. The standard InChI is InChI=1S/C21H24N2O4/c1-2-3-6-12-27-20(26)21(13-15-8-4-5-9-16(15)14-21)23-19(25)18-17(24)10-7-11-22-18/h4-5,7-11,24H,2-3,6,12-14H2,1H3,(H,23,25). The van der Waals surface area contributed by atoms with E-state index in [1.165, 1.54) is 18.3 Å². The number of pyridine rings is 1. The first-order valence-corrected chi connectivity index (χ1v) is 9.26. The average Bonchev–Trinajstić information content (AvgIpc) is 3.04. The molecule has 1 amide bonds. The summed E-state index contributed by atoms with van der Waals surface area (Å²) in [7, 11) is 0. The molecule has 142 valence electrons. The van der Waals surface area contributed by atoms with E-state index in [9.17, 15) is 14.7 Å². The second kappa shape index (κ2) is 8.20. The van der Waals surface area contributed by atoms with E-state index in [-0.39, 0.29) is 11.4 Å². The van der Waals surface area contributed by atoms with Gasteiger partial charge in [-0.1, -0.05) is 44.0 Å². The van der Waals surface area contributed by atoms with Gasteiger partial charge >= 0.3 is 5.97 Å². The largest absolute Gasteiger partial charge is 0.505 e. The van der Waals surface area contributed by atoms with Crippen molar-refractivity contribution in [1.82, 2.24) is 10.3 Å². The van der Waals surface area contributed by atoms with E-state index < -0.39 is 17.4 Å². The lowest BCUT2D eigenvalue weighted by Gasteiger charge is -2.28. The van der Waals surface area contributed by atoms with Gasteiger partial charge in [0.1, 0.15) is 11.3 Å². The molecule has 6 nitrogen and oxygen atoms in total. The third-order valence-corrected chi connectivity index (χ3v) is 4.83. The van der Waals surface area contributed by atoms with E-state index in [1.54, 1.807) is 0 Å². The predicted octanol–water partition coefficient (Wildman–Crippen LogP) is 2.79. The monoisotopic (exact) mass is 368 g/mol. The van der Waals surface area contributed by atoms with Crippen LogP contribution >= 0.6 is 0 Å². The number of ether oxygens (including phenoxy) is 1. The van der Waals surface area contributed by atoms with Gasteiger partial charge in [0, 0.05) is 19.0 Å². The number of hydrogen-bond acceptors (Lipinski definition) is 5. The quantitative estimate of drug-likeness (QED) is 0.579. The van der Waals surface area contributed by atoms with Gasteiger partial charge in [0.05, 0.1) is 6.61 Å². The number of amides is 1. The predicted molar refractivity (Wildman–Crippen MR) is 100 cm³/mol. The van der Waals surface area contributed by atoms with Gasteiger partial charge in [-0.3, -0.25) is 4.79 Å². The number of aromatic hydroxyl groups is 1. The summed E-state index contributed by atoms with van der Waals surface area (Å²) in [4.78, 5) is 29.6. The molecule has 0 radical (unpaired) electrons. The Morgan fingerprint density at radius 3 is 2.48 bits per heavy atom. The molecule has 6 heteroatoms. The third-order valence-electron chi connectivity index (χ3n) is 4.83. The molecule has 1 heterocycles. The second-order valence-electron chi connectivity index (χ2n) is 6.87. The minimum atomic E-state index is -1.18. The molecule has 0 fully saturated rings. The SMILES string of the molecule is CCCCCOC(=O)C1(NC(=O)c2ncccc2O)Cc2ccccc2C1. The zero-order chi connectivity index (χ0) is 19.3. The van der Waals surface area contributed by atoms with Gasteiger partial charge in [-0.2, -0.15) is 0 Å². The number of rotatable bonds is 7. The number of fused-ring (bicyclic) bond motifs is 1. The molecule has 3 rings (SSSR count). The first kappa shape index (κ1) is 18.9. The highest BCUT2D eigenvalue weighted by molar-refractivity contribution is 5.99. The van der Waals surface area contributed by atoms with Crippen LogP contribution < -0.4 is 5.32 Å². The van der Waals surface area contributed by atoms with Crippen LogP contribution in [0.15, 0.2) is 42.6 Å². The van der Waals surface area contributed by atoms with Crippen LogP contribution in [0.3, 0.4) is 0 Å². The molecule has 1 aliphatic rings. The van der Waals surface area contributed by atoms with Gasteiger partial charge in [-0.15, -0.1) is 0 Å². The third kappa shape index (κ3) is 4.10. The molecule has 0 saturated carbocycles. The number of carbonyl (C=O) groups is 2. The molecule has 1 aromatic carbocycles. The van der Waals surface area contributed by atoms with Gasteiger partial charge in [0.2, 0.25) is 0 Å². The molecular formula is C21H24N2O4. The first-order chi connectivity index (χ1) is 13.1. The number of esters is 1. The first-order valence-electron chi connectivity index (χ1n) is 9.26. The van der Waals surface area contributed by atoms with Gasteiger partial charge in [0.25, 0.3) is 5.91 Å². The number of aromatic nitrogens is 1. The summed E-state index contributed by atoms with van der Waals surface area (Å²) in [5.74, 6) is -1.26. The molecule has 1 aliphatic carbocycles. The van der Waals surface area contributed by atoms with E-state index in [4.69, 9.17) is 4.74 Å². The van der Waals surface area contributed by atoms with Crippen LogP contribution in [-0.2, 0) is 22.4 Å². The van der Waals surface area contributed by atoms with E-state index in [2.05, 4.69) is 17.2 Å². The van der Waals surface area contributed by atoms with Crippen molar-refractivity contribution in [3.05, 3.63) is 59.4 Å². The van der Waals surface area contributed by atoms with Gasteiger partial charge in [-0.05, 0) is 29.7 Å². The molecule has 0 atom stereocenters. The molecule has 0 unspecified atom stereocenters. The van der Waals surface area contributed by atoms with Crippen molar-refractivity contribution < 1.29 is 19.4 Å². The Morgan fingerprint density at radius 1 is 1.15 bits per heavy atom. The van der Waals surface area contributed by atoms with Crippen LogP contribution in [0.1, 0.15) is 47.8 Å². The molecule has 1 aromatic heterocycles. The minimum Gasteiger partial charge on any atom is -0.505 e. The number of unbranched alkanes of at least 4 members (excludes halogenated alkanes) is 2. The highest BCUT2D eigenvalue weighted by Gasteiger charge is 2.47. The number of benzene rings is 1.